The van der Waals surface area contributed by atoms with Crippen LogP contribution < -0.4 is 10.2 Å². The number of carbonyl (C=O) groups is 1. The number of hydrogen-bond donors (Lipinski definition) is 1. The summed E-state index contributed by atoms with van der Waals surface area (Å²) in [7, 11) is 1.77. The van der Waals surface area contributed by atoms with Crippen molar-refractivity contribution >= 4 is 11.7 Å². The van der Waals surface area contributed by atoms with Crippen LogP contribution in [-0.2, 0) is 19.0 Å². The highest BCUT2D eigenvalue weighted by Crippen LogP contribution is 2.51. The molecule has 1 aliphatic carbocycles. The summed E-state index contributed by atoms with van der Waals surface area (Å²) in [5, 5.41) is 10.5. The summed E-state index contributed by atoms with van der Waals surface area (Å²) in [6.45, 7) is 0.869. The highest BCUT2D eigenvalue weighted by molar-refractivity contribution is 5.95. The average molecular weight is 329 g/mol. The summed E-state index contributed by atoms with van der Waals surface area (Å²) in [6, 6.07) is 4.88. The Kier molecular flexibility index (Phi) is 3.51. The first-order valence-electron chi connectivity index (χ1n) is 8.29. The number of aromatic nitrogens is 3. The number of anilines is 1. The first-order chi connectivity index (χ1) is 11.6. The van der Waals surface area contributed by atoms with Crippen LogP contribution in [0, 0.1) is 5.82 Å². The highest BCUT2D eigenvalue weighted by Gasteiger charge is 2.47. The van der Waals surface area contributed by atoms with Gasteiger partial charge in [0.25, 0.3) is 0 Å². The number of benzene rings is 1. The molecule has 1 spiro atoms. The van der Waals surface area contributed by atoms with Crippen molar-refractivity contribution in [1.29, 1.82) is 0 Å². The lowest BCUT2D eigenvalue weighted by molar-refractivity contribution is 0.244. The minimum Gasteiger partial charge on any atom is -0.332 e. The molecule has 1 fully saturated rings. The predicted octanol–water partition coefficient (Wildman–Crippen LogP) is 2.50. The predicted molar refractivity (Wildman–Crippen MR) is 87.1 cm³/mol. The third-order valence-corrected chi connectivity index (χ3v) is 5.32. The fourth-order valence-electron chi connectivity index (χ4n) is 4.07. The fraction of sp³-hybridized carbons (Fsp3) is 0.471. The van der Waals surface area contributed by atoms with Gasteiger partial charge >= 0.3 is 6.03 Å². The second kappa shape index (κ2) is 5.58. The first-order valence-corrected chi connectivity index (χ1v) is 8.29. The fourth-order valence-corrected chi connectivity index (χ4v) is 4.07. The topological polar surface area (TPSA) is 63.1 Å². The quantitative estimate of drug-likeness (QED) is 0.921. The van der Waals surface area contributed by atoms with Gasteiger partial charge in [0.1, 0.15) is 5.82 Å². The van der Waals surface area contributed by atoms with E-state index in [2.05, 4.69) is 15.6 Å². The number of nitrogens with one attached hydrogen (secondary N) is 1. The number of aryl methyl sites for hydroxylation is 1. The number of nitrogens with zero attached hydrogens (tertiary/aromatic N) is 4. The molecule has 1 saturated carbocycles. The van der Waals surface area contributed by atoms with Gasteiger partial charge < -0.3 is 5.32 Å². The van der Waals surface area contributed by atoms with Gasteiger partial charge in [0, 0.05) is 19.0 Å². The second-order valence-electron chi connectivity index (χ2n) is 6.72. The molecule has 2 heterocycles. The van der Waals surface area contributed by atoms with Gasteiger partial charge in [-0.1, -0.05) is 30.2 Å². The normalized spacial score (nSPS) is 18.2. The van der Waals surface area contributed by atoms with E-state index in [1.807, 2.05) is 6.07 Å². The summed E-state index contributed by atoms with van der Waals surface area (Å²) in [4.78, 5) is 14.3. The van der Waals surface area contributed by atoms with E-state index in [9.17, 15) is 9.18 Å². The Balaban J connectivity index is 1.60. The molecule has 1 aromatic carbocycles. The lowest BCUT2D eigenvalue weighted by Crippen LogP contribution is -2.42. The van der Waals surface area contributed by atoms with Crippen molar-refractivity contribution in [2.45, 2.75) is 37.6 Å². The van der Waals surface area contributed by atoms with E-state index < -0.39 is 0 Å². The third kappa shape index (κ3) is 2.26. The molecule has 7 heteroatoms. The van der Waals surface area contributed by atoms with Crippen LogP contribution in [0.2, 0.25) is 0 Å². The van der Waals surface area contributed by atoms with Crippen molar-refractivity contribution in [2.75, 3.05) is 11.4 Å². The molecule has 24 heavy (non-hydrogen) atoms. The van der Waals surface area contributed by atoms with Crippen molar-refractivity contribution in [3.63, 3.8) is 0 Å². The molecule has 1 N–H and O–H groups in total. The van der Waals surface area contributed by atoms with Gasteiger partial charge in [0.2, 0.25) is 0 Å². The Morgan fingerprint density at radius 3 is 2.88 bits per heavy atom. The van der Waals surface area contributed by atoms with E-state index in [1.54, 1.807) is 28.9 Å². The van der Waals surface area contributed by atoms with Crippen molar-refractivity contribution in [2.24, 2.45) is 7.05 Å². The van der Waals surface area contributed by atoms with Crippen molar-refractivity contribution in [1.82, 2.24) is 20.3 Å². The maximum atomic E-state index is 14.5. The third-order valence-electron chi connectivity index (χ3n) is 5.32. The molecule has 1 aliphatic heterocycles. The van der Waals surface area contributed by atoms with Gasteiger partial charge in [0.15, 0.2) is 0 Å². The van der Waals surface area contributed by atoms with Gasteiger partial charge in [0.05, 0.1) is 24.1 Å². The molecule has 2 amide bonds. The van der Waals surface area contributed by atoms with Crippen LogP contribution in [0.1, 0.15) is 36.9 Å². The molecule has 1 aromatic heterocycles. The Bertz CT molecular complexity index is 781. The second-order valence-corrected chi connectivity index (χ2v) is 6.72. The van der Waals surface area contributed by atoms with Crippen LogP contribution in [0.3, 0.4) is 0 Å². The van der Waals surface area contributed by atoms with Crippen LogP contribution in [0.15, 0.2) is 24.4 Å². The zero-order chi connectivity index (χ0) is 16.7. The lowest BCUT2D eigenvalue weighted by atomic mass is 9.81. The van der Waals surface area contributed by atoms with E-state index in [0.717, 1.165) is 36.9 Å². The van der Waals surface area contributed by atoms with Crippen LogP contribution in [0.5, 0.6) is 0 Å². The summed E-state index contributed by atoms with van der Waals surface area (Å²) < 4.78 is 16.1. The van der Waals surface area contributed by atoms with E-state index in [0.29, 0.717) is 18.8 Å². The number of rotatable bonds is 2. The smallest absolute Gasteiger partial charge is 0.322 e. The number of urea groups is 1. The van der Waals surface area contributed by atoms with Gasteiger partial charge in [-0.05, 0) is 24.5 Å². The van der Waals surface area contributed by atoms with Crippen LogP contribution >= 0.6 is 0 Å². The zero-order valence-electron chi connectivity index (χ0n) is 13.6. The molecule has 6 nitrogen and oxygen atoms in total. The maximum absolute atomic E-state index is 14.5. The largest absolute Gasteiger partial charge is 0.332 e. The SMILES string of the molecule is Cn1nncc1CNC(=O)N1CC2(CCCC2)c2cccc(F)c21. The van der Waals surface area contributed by atoms with Gasteiger partial charge in [-0.2, -0.15) is 0 Å². The van der Waals surface area contributed by atoms with Gasteiger partial charge in [-0.15, -0.1) is 5.10 Å². The molecule has 2 aliphatic rings. The monoisotopic (exact) mass is 329 g/mol. The van der Waals surface area contributed by atoms with E-state index in [4.69, 9.17) is 0 Å². The van der Waals surface area contributed by atoms with Crippen LogP contribution in [0.25, 0.3) is 0 Å². The zero-order valence-corrected chi connectivity index (χ0v) is 13.6. The van der Waals surface area contributed by atoms with E-state index in [1.165, 1.54) is 6.07 Å². The summed E-state index contributed by atoms with van der Waals surface area (Å²) in [5.41, 5.74) is 2.15. The molecule has 0 unspecified atom stereocenters. The Morgan fingerprint density at radius 2 is 2.17 bits per heavy atom. The minimum atomic E-state index is -0.325. The van der Waals surface area contributed by atoms with Crippen molar-refractivity contribution in [3.05, 3.63) is 41.5 Å². The summed E-state index contributed by atoms with van der Waals surface area (Å²) >= 11 is 0. The maximum Gasteiger partial charge on any atom is 0.322 e. The molecule has 0 saturated heterocycles. The lowest BCUT2D eigenvalue weighted by Gasteiger charge is -2.24. The summed E-state index contributed by atoms with van der Waals surface area (Å²) in [5.74, 6) is -0.325. The molecule has 0 radical (unpaired) electrons. The number of halogens is 1. The molecule has 0 atom stereocenters. The van der Waals surface area contributed by atoms with E-state index >= 15 is 0 Å². The van der Waals surface area contributed by atoms with Crippen LogP contribution in [-0.4, -0.2) is 27.6 Å². The number of para-hydroxylation sites is 1. The minimum absolute atomic E-state index is 0.0805. The average Bonchev–Trinajstić information content (AvgIpc) is 3.27. The standard InChI is InChI=1S/C17H20FN5O/c1-22-12(10-20-21-22)9-19-16(24)23-11-17(7-2-3-8-17)13-5-4-6-14(18)15(13)23/h4-6,10H,2-3,7-9,11H2,1H3,(H,19,24). The number of fused-ring (bicyclic) bond motifs is 2. The van der Waals surface area contributed by atoms with Crippen LogP contribution in [0.4, 0.5) is 14.9 Å². The Morgan fingerprint density at radius 1 is 1.38 bits per heavy atom. The molecule has 4 rings (SSSR count). The number of carbonyl (C=O) groups excluding carboxylic acids is 1. The van der Waals surface area contributed by atoms with Gasteiger partial charge in [-0.25, -0.2) is 9.18 Å². The molecule has 0 bridgehead atoms. The van der Waals surface area contributed by atoms with Crippen molar-refractivity contribution < 1.29 is 9.18 Å². The molecule has 126 valence electrons. The molecular formula is C17H20FN5O. The Labute approximate surface area is 139 Å². The van der Waals surface area contributed by atoms with Gasteiger partial charge in [-0.3, -0.25) is 9.58 Å². The number of hydrogen-bond acceptors (Lipinski definition) is 3. The molecule has 2 aromatic rings. The van der Waals surface area contributed by atoms with Crippen molar-refractivity contribution in [3.8, 4) is 0 Å². The highest BCUT2D eigenvalue weighted by atomic mass is 19.1. The summed E-state index contributed by atoms with van der Waals surface area (Å²) in [6.07, 6.45) is 5.90. The molecular weight excluding hydrogens is 309 g/mol. The number of amides is 2. The Hall–Kier alpha value is -2.44. The first kappa shape index (κ1) is 15.1. The van der Waals surface area contributed by atoms with E-state index in [-0.39, 0.29) is 17.3 Å².